The van der Waals surface area contributed by atoms with E-state index in [9.17, 15) is 4.79 Å². The van der Waals surface area contributed by atoms with Gasteiger partial charge >= 0.3 is 0 Å². The minimum atomic E-state index is 0.107. The lowest BCUT2D eigenvalue weighted by atomic mass is 9.94. The maximum Gasteiger partial charge on any atom is 0.228 e. The Balaban J connectivity index is 2.02. The second-order valence-electron chi connectivity index (χ2n) is 4.73. The maximum absolute atomic E-state index is 12.1. The molecule has 0 radical (unpaired) electrons. The summed E-state index contributed by atoms with van der Waals surface area (Å²) in [5, 5.41) is 7.17. The first-order valence-corrected chi connectivity index (χ1v) is 6.18. The van der Waals surface area contributed by atoms with Crippen LogP contribution in [0.2, 0.25) is 0 Å². The summed E-state index contributed by atoms with van der Waals surface area (Å²) in [7, 11) is 0. The van der Waals surface area contributed by atoms with E-state index in [0.29, 0.717) is 0 Å². The topological polar surface area (TPSA) is 46.9 Å². The molecule has 0 bridgehead atoms. The summed E-state index contributed by atoms with van der Waals surface area (Å²) in [5.41, 5.74) is 0. The van der Waals surface area contributed by atoms with Crippen LogP contribution in [0.1, 0.15) is 39.2 Å². The molecule has 0 aliphatic heterocycles. The van der Waals surface area contributed by atoms with Gasteiger partial charge in [0.25, 0.3) is 0 Å². The molecular weight excluding hydrogens is 214 g/mol. The van der Waals surface area contributed by atoms with E-state index in [2.05, 4.69) is 22.6 Å². The third-order valence-corrected chi connectivity index (χ3v) is 3.05. The molecule has 1 aliphatic rings. The van der Waals surface area contributed by atoms with Crippen molar-refractivity contribution in [2.24, 2.45) is 5.92 Å². The fraction of sp³-hybridized carbons (Fsp3) is 0.538. The van der Waals surface area contributed by atoms with Crippen molar-refractivity contribution < 1.29 is 4.79 Å². The highest BCUT2D eigenvalue weighted by Crippen LogP contribution is 2.21. The Morgan fingerprint density at radius 3 is 3.00 bits per heavy atom. The molecule has 0 spiro atoms. The van der Waals surface area contributed by atoms with Gasteiger partial charge in [-0.1, -0.05) is 12.2 Å². The van der Waals surface area contributed by atoms with Crippen LogP contribution in [0.5, 0.6) is 0 Å². The van der Waals surface area contributed by atoms with Gasteiger partial charge in [-0.3, -0.25) is 4.79 Å². The Bertz CT molecular complexity index is 420. The van der Waals surface area contributed by atoms with Crippen molar-refractivity contribution in [2.45, 2.75) is 39.2 Å². The summed E-state index contributed by atoms with van der Waals surface area (Å²) < 4.78 is 1.83. The smallest absolute Gasteiger partial charge is 0.228 e. The van der Waals surface area contributed by atoms with E-state index in [-0.39, 0.29) is 17.9 Å². The molecule has 0 aromatic carbocycles. The van der Waals surface area contributed by atoms with Gasteiger partial charge in [-0.05, 0) is 33.1 Å². The van der Waals surface area contributed by atoms with E-state index in [1.165, 1.54) is 0 Å². The third-order valence-electron chi connectivity index (χ3n) is 3.05. The average molecular weight is 233 g/mol. The van der Waals surface area contributed by atoms with Gasteiger partial charge in [0.2, 0.25) is 5.91 Å². The highest BCUT2D eigenvalue weighted by molar-refractivity contribution is 5.91. The molecule has 1 aromatic heterocycles. The van der Waals surface area contributed by atoms with Crippen molar-refractivity contribution in [2.75, 3.05) is 5.32 Å². The second-order valence-corrected chi connectivity index (χ2v) is 4.73. The molecular formula is C13H19N3O. The summed E-state index contributed by atoms with van der Waals surface area (Å²) in [6, 6.07) is 2.10. The van der Waals surface area contributed by atoms with E-state index < -0.39 is 0 Å². The highest BCUT2D eigenvalue weighted by Gasteiger charge is 2.20. The molecule has 0 saturated heterocycles. The number of carbonyl (C=O) groups excluding carboxylic acids is 1. The summed E-state index contributed by atoms with van der Waals surface area (Å²) in [4.78, 5) is 12.1. The molecule has 4 nitrogen and oxygen atoms in total. The Morgan fingerprint density at radius 1 is 1.53 bits per heavy atom. The molecule has 92 valence electrons. The number of hydrogen-bond acceptors (Lipinski definition) is 2. The fourth-order valence-electron chi connectivity index (χ4n) is 2.08. The van der Waals surface area contributed by atoms with Crippen LogP contribution in [0.3, 0.4) is 0 Å². The van der Waals surface area contributed by atoms with Crippen LogP contribution >= 0.6 is 0 Å². The van der Waals surface area contributed by atoms with Gasteiger partial charge in [0.15, 0.2) is 0 Å². The average Bonchev–Trinajstić information content (AvgIpc) is 2.78. The van der Waals surface area contributed by atoms with Gasteiger partial charge in [-0.25, -0.2) is 4.68 Å². The van der Waals surface area contributed by atoms with Crippen LogP contribution in [-0.4, -0.2) is 15.7 Å². The van der Waals surface area contributed by atoms with Crippen LogP contribution in [0.25, 0.3) is 0 Å². The quantitative estimate of drug-likeness (QED) is 0.816. The predicted octanol–water partition coefficient (Wildman–Crippen LogP) is 2.76. The summed E-state index contributed by atoms with van der Waals surface area (Å²) >= 11 is 0. The normalized spacial score (nSPS) is 19.6. The highest BCUT2D eigenvalue weighted by atomic mass is 16.2. The maximum atomic E-state index is 12.1. The van der Waals surface area contributed by atoms with E-state index in [4.69, 9.17) is 0 Å². The van der Waals surface area contributed by atoms with Crippen molar-refractivity contribution in [3.8, 4) is 0 Å². The predicted molar refractivity (Wildman–Crippen MR) is 67.7 cm³/mol. The lowest BCUT2D eigenvalue weighted by Crippen LogP contribution is -2.25. The SMILES string of the molecule is CC(C)n1nccc1NC(=O)C1CC=CCC1. The molecule has 1 aliphatic carbocycles. The van der Waals surface area contributed by atoms with E-state index in [0.717, 1.165) is 25.1 Å². The Hall–Kier alpha value is -1.58. The summed E-state index contributed by atoms with van der Waals surface area (Å²) in [6.07, 6.45) is 8.74. The third kappa shape index (κ3) is 2.75. The minimum Gasteiger partial charge on any atom is -0.311 e. The molecule has 2 rings (SSSR count). The number of hydrogen-bond donors (Lipinski definition) is 1. The van der Waals surface area contributed by atoms with Crippen LogP contribution < -0.4 is 5.32 Å². The molecule has 1 unspecified atom stereocenters. The Morgan fingerprint density at radius 2 is 2.35 bits per heavy atom. The standard InChI is InChI=1S/C13H19N3O/c1-10(2)16-12(8-9-14-16)15-13(17)11-6-4-3-5-7-11/h3-4,8-11H,5-7H2,1-2H3,(H,15,17). The number of anilines is 1. The van der Waals surface area contributed by atoms with Crippen molar-refractivity contribution in [1.29, 1.82) is 0 Å². The number of allylic oxidation sites excluding steroid dienone is 2. The number of nitrogens with zero attached hydrogens (tertiary/aromatic N) is 2. The van der Waals surface area contributed by atoms with Gasteiger partial charge in [0.05, 0.1) is 6.20 Å². The zero-order valence-corrected chi connectivity index (χ0v) is 10.4. The zero-order valence-electron chi connectivity index (χ0n) is 10.4. The van der Waals surface area contributed by atoms with Crippen LogP contribution in [0, 0.1) is 5.92 Å². The number of aromatic nitrogens is 2. The van der Waals surface area contributed by atoms with E-state index >= 15 is 0 Å². The molecule has 0 saturated carbocycles. The van der Waals surface area contributed by atoms with Crippen molar-refractivity contribution in [3.63, 3.8) is 0 Å². The Kier molecular flexibility index (Phi) is 3.61. The van der Waals surface area contributed by atoms with Gasteiger partial charge in [-0.2, -0.15) is 5.10 Å². The molecule has 1 aromatic rings. The molecule has 1 atom stereocenters. The summed E-state index contributed by atoms with van der Waals surface area (Å²) in [6.45, 7) is 4.10. The van der Waals surface area contributed by atoms with Crippen molar-refractivity contribution in [1.82, 2.24) is 9.78 Å². The molecule has 1 amide bonds. The molecule has 1 N–H and O–H groups in total. The number of nitrogens with one attached hydrogen (secondary N) is 1. The first-order valence-electron chi connectivity index (χ1n) is 6.18. The zero-order chi connectivity index (χ0) is 12.3. The lowest BCUT2D eigenvalue weighted by molar-refractivity contribution is -0.120. The molecule has 1 heterocycles. The van der Waals surface area contributed by atoms with Gasteiger partial charge in [0.1, 0.15) is 5.82 Å². The van der Waals surface area contributed by atoms with Crippen LogP contribution in [0.15, 0.2) is 24.4 Å². The fourth-order valence-corrected chi connectivity index (χ4v) is 2.08. The van der Waals surface area contributed by atoms with Gasteiger partial charge < -0.3 is 5.32 Å². The first-order chi connectivity index (χ1) is 8.18. The minimum absolute atomic E-state index is 0.107. The second kappa shape index (κ2) is 5.17. The monoisotopic (exact) mass is 233 g/mol. The molecule has 17 heavy (non-hydrogen) atoms. The summed E-state index contributed by atoms with van der Waals surface area (Å²) in [5.74, 6) is 1.01. The van der Waals surface area contributed by atoms with E-state index in [1.54, 1.807) is 6.20 Å². The number of rotatable bonds is 3. The Labute approximate surface area is 102 Å². The van der Waals surface area contributed by atoms with Gasteiger partial charge in [-0.15, -0.1) is 0 Å². The lowest BCUT2D eigenvalue weighted by Gasteiger charge is -2.18. The van der Waals surface area contributed by atoms with E-state index in [1.807, 2.05) is 24.6 Å². The van der Waals surface area contributed by atoms with Crippen LogP contribution in [-0.2, 0) is 4.79 Å². The van der Waals surface area contributed by atoms with Crippen molar-refractivity contribution >= 4 is 11.7 Å². The first kappa shape index (κ1) is 11.9. The van der Waals surface area contributed by atoms with Crippen molar-refractivity contribution in [3.05, 3.63) is 24.4 Å². The van der Waals surface area contributed by atoms with Gasteiger partial charge in [0, 0.05) is 18.0 Å². The largest absolute Gasteiger partial charge is 0.311 e. The number of carbonyl (C=O) groups is 1. The molecule has 0 fully saturated rings. The molecule has 4 heteroatoms. The van der Waals surface area contributed by atoms with Crippen LogP contribution in [0.4, 0.5) is 5.82 Å². The number of amides is 1.